The SMILES string of the molecule is CC.Cn1c2c(c3ccc(-n4ccc(OCc5ccc(F)cc5F)cc4=O)cc31)CNCCC2. The molecule has 0 bridgehead atoms. The summed E-state index contributed by atoms with van der Waals surface area (Å²) in [4.78, 5) is 12.8. The van der Waals surface area contributed by atoms with Crippen LogP contribution >= 0.6 is 0 Å². The maximum atomic E-state index is 13.8. The molecular formula is C27H29F2N3O2. The lowest BCUT2D eigenvalue weighted by atomic mass is 10.1. The number of fused-ring (bicyclic) bond motifs is 3. The number of hydrogen-bond donors (Lipinski definition) is 1. The van der Waals surface area contributed by atoms with E-state index >= 15 is 0 Å². The molecule has 0 atom stereocenters. The van der Waals surface area contributed by atoms with E-state index < -0.39 is 11.6 Å². The third-order valence-corrected chi connectivity index (χ3v) is 6.07. The Balaban J connectivity index is 0.00000133. The van der Waals surface area contributed by atoms with Gasteiger partial charge >= 0.3 is 0 Å². The molecule has 0 radical (unpaired) electrons. The molecule has 4 aromatic rings. The average Bonchev–Trinajstić information content (AvgIpc) is 2.98. The van der Waals surface area contributed by atoms with Crippen molar-refractivity contribution in [3.8, 4) is 11.4 Å². The number of benzene rings is 2. The monoisotopic (exact) mass is 465 g/mol. The molecule has 5 nitrogen and oxygen atoms in total. The Kier molecular flexibility index (Phi) is 7.12. The summed E-state index contributed by atoms with van der Waals surface area (Å²) >= 11 is 0. The van der Waals surface area contributed by atoms with Crippen molar-refractivity contribution in [2.24, 2.45) is 7.05 Å². The van der Waals surface area contributed by atoms with Crippen LogP contribution in [0.5, 0.6) is 5.75 Å². The van der Waals surface area contributed by atoms with Crippen LogP contribution in [0, 0.1) is 11.6 Å². The van der Waals surface area contributed by atoms with Gasteiger partial charge in [0.15, 0.2) is 0 Å². The number of rotatable bonds is 4. The normalized spacial score (nSPS) is 13.1. The van der Waals surface area contributed by atoms with Gasteiger partial charge in [0, 0.05) is 48.6 Å². The minimum absolute atomic E-state index is 0.0928. The number of nitrogens with one attached hydrogen (secondary N) is 1. The quantitative estimate of drug-likeness (QED) is 0.448. The maximum absolute atomic E-state index is 13.8. The van der Waals surface area contributed by atoms with E-state index in [4.69, 9.17) is 4.74 Å². The molecular weight excluding hydrogens is 436 g/mol. The first-order chi connectivity index (χ1) is 16.5. The van der Waals surface area contributed by atoms with E-state index in [-0.39, 0.29) is 17.7 Å². The third kappa shape index (κ3) is 4.61. The molecule has 0 spiro atoms. The number of ether oxygens (including phenoxy) is 1. The van der Waals surface area contributed by atoms with Gasteiger partial charge in [-0.1, -0.05) is 19.9 Å². The van der Waals surface area contributed by atoms with Gasteiger partial charge in [-0.3, -0.25) is 9.36 Å². The summed E-state index contributed by atoms with van der Waals surface area (Å²) in [5, 5.41) is 4.68. The van der Waals surface area contributed by atoms with Crippen molar-refractivity contribution in [1.29, 1.82) is 0 Å². The van der Waals surface area contributed by atoms with Gasteiger partial charge in [0.2, 0.25) is 0 Å². The van der Waals surface area contributed by atoms with Gasteiger partial charge in [-0.15, -0.1) is 0 Å². The lowest BCUT2D eigenvalue weighted by Crippen LogP contribution is -2.17. The Morgan fingerprint density at radius 3 is 2.65 bits per heavy atom. The fourth-order valence-corrected chi connectivity index (χ4v) is 4.38. The molecule has 0 aliphatic carbocycles. The van der Waals surface area contributed by atoms with Crippen molar-refractivity contribution >= 4 is 10.9 Å². The van der Waals surface area contributed by atoms with Crippen LogP contribution in [-0.2, 0) is 26.6 Å². The largest absolute Gasteiger partial charge is 0.489 e. The summed E-state index contributed by atoms with van der Waals surface area (Å²) in [7, 11) is 2.07. The van der Waals surface area contributed by atoms with E-state index in [9.17, 15) is 13.6 Å². The minimum atomic E-state index is -0.678. The topological polar surface area (TPSA) is 48.2 Å². The van der Waals surface area contributed by atoms with Crippen molar-refractivity contribution in [2.75, 3.05) is 6.54 Å². The molecule has 1 aliphatic heterocycles. The van der Waals surface area contributed by atoms with Gasteiger partial charge in [-0.25, -0.2) is 8.78 Å². The fourth-order valence-electron chi connectivity index (χ4n) is 4.38. The number of hydrogen-bond acceptors (Lipinski definition) is 3. The number of aromatic nitrogens is 2. The van der Waals surface area contributed by atoms with Gasteiger partial charge in [0.1, 0.15) is 24.0 Å². The summed E-state index contributed by atoms with van der Waals surface area (Å²) in [5.74, 6) is -0.993. The van der Waals surface area contributed by atoms with Crippen molar-refractivity contribution in [1.82, 2.24) is 14.5 Å². The smallest absolute Gasteiger partial charge is 0.258 e. The van der Waals surface area contributed by atoms with E-state index in [0.717, 1.165) is 43.2 Å². The third-order valence-electron chi connectivity index (χ3n) is 6.07. The van der Waals surface area contributed by atoms with Gasteiger partial charge < -0.3 is 14.6 Å². The van der Waals surface area contributed by atoms with Gasteiger partial charge in [0.05, 0.1) is 11.2 Å². The zero-order chi connectivity index (χ0) is 24.2. The van der Waals surface area contributed by atoms with Crippen LogP contribution in [0.1, 0.15) is 37.1 Å². The molecule has 0 saturated heterocycles. The lowest BCUT2D eigenvalue weighted by molar-refractivity contribution is 0.298. The van der Waals surface area contributed by atoms with Crippen LogP contribution in [0.2, 0.25) is 0 Å². The first kappa shape index (κ1) is 23.7. The first-order valence-corrected chi connectivity index (χ1v) is 11.6. The molecule has 0 amide bonds. The Hall–Kier alpha value is -3.45. The highest BCUT2D eigenvalue weighted by molar-refractivity contribution is 5.87. The van der Waals surface area contributed by atoms with Crippen molar-refractivity contribution in [3.05, 3.63) is 93.5 Å². The van der Waals surface area contributed by atoms with Crippen LogP contribution < -0.4 is 15.6 Å². The molecule has 0 fully saturated rings. The highest BCUT2D eigenvalue weighted by atomic mass is 19.1. The second-order valence-corrected chi connectivity index (χ2v) is 8.06. The molecule has 7 heteroatoms. The predicted molar refractivity (Wildman–Crippen MR) is 131 cm³/mol. The van der Waals surface area contributed by atoms with Crippen LogP contribution in [0.25, 0.3) is 16.6 Å². The first-order valence-electron chi connectivity index (χ1n) is 11.6. The Morgan fingerprint density at radius 2 is 1.88 bits per heavy atom. The summed E-state index contributed by atoms with van der Waals surface area (Å²) in [6.07, 6.45) is 3.78. The number of nitrogens with zero attached hydrogens (tertiary/aromatic N) is 2. The molecule has 0 unspecified atom stereocenters. The van der Waals surface area contributed by atoms with E-state index in [0.29, 0.717) is 5.75 Å². The van der Waals surface area contributed by atoms with Crippen LogP contribution in [-0.4, -0.2) is 15.7 Å². The molecule has 3 heterocycles. The summed E-state index contributed by atoms with van der Waals surface area (Å²) in [6.45, 7) is 5.78. The average molecular weight is 466 g/mol. The molecule has 2 aromatic heterocycles. The maximum Gasteiger partial charge on any atom is 0.258 e. The van der Waals surface area contributed by atoms with Crippen LogP contribution in [0.15, 0.2) is 59.5 Å². The van der Waals surface area contributed by atoms with E-state index in [1.807, 2.05) is 26.0 Å². The predicted octanol–water partition coefficient (Wildman–Crippen LogP) is 5.25. The zero-order valence-electron chi connectivity index (χ0n) is 19.7. The van der Waals surface area contributed by atoms with Gasteiger partial charge in [-0.2, -0.15) is 0 Å². The molecule has 178 valence electrons. The van der Waals surface area contributed by atoms with E-state index in [1.54, 1.807) is 16.8 Å². The summed E-state index contributed by atoms with van der Waals surface area (Å²) < 4.78 is 36.2. The zero-order valence-corrected chi connectivity index (χ0v) is 19.7. The second kappa shape index (κ2) is 10.2. The van der Waals surface area contributed by atoms with Crippen molar-refractivity contribution < 1.29 is 13.5 Å². The number of halogens is 2. The second-order valence-electron chi connectivity index (χ2n) is 8.06. The van der Waals surface area contributed by atoms with Gasteiger partial charge in [0.25, 0.3) is 5.56 Å². The minimum Gasteiger partial charge on any atom is -0.489 e. The van der Waals surface area contributed by atoms with Crippen molar-refractivity contribution in [3.63, 3.8) is 0 Å². The molecule has 0 saturated carbocycles. The number of aryl methyl sites for hydroxylation is 1. The lowest BCUT2D eigenvalue weighted by Gasteiger charge is -2.10. The number of pyridine rings is 1. The Morgan fingerprint density at radius 1 is 1.06 bits per heavy atom. The van der Waals surface area contributed by atoms with Crippen molar-refractivity contribution in [2.45, 2.75) is 39.8 Å². The van der Waals surface area contributed by atoms with E-state index in [1.165, 1.54) is 34.8 Å². The molecule has 2 aromatic carbocycles. The Bertz CT molecular complexity index is 1370. The summed E-state index contributed by atoms with van der Waals surface area (Å²) in [5.41, 5.74) is 4.50. The molecule has 1 aliphatic rings. The summed E-state index contributed by atoms with van der Waals surface area (Å²) in [6, 6.07) is 12.4. The molecule has 5 rings (SSSR count). The molecule has 34 heavy (non-hydrogen) atoms. The standard InChI is InChI=1S/C25H23F2N3O2.C2H6/c1-29-23-3-2-9-28-14-21(23)20-7-6-18(12-24(20)29)30-10-8-19(13-25(30)31)32-15-16-4-5-17(26)11-22(16)27;1-2/h4-8,10-13,28H,2-3,9,14-15H2,1H3;1-2H3. The Labute approximate surface area is 197 Å². The van der Waals surface area contributed by atoms with E-state index in [2.05, 4.69) is 23.0 Å². The highest BCUT2D eigenvalue weighted by Gasteiger charge is 2.17. The fraction of sp³-hybridized carbons (Fsp3) is 0.296. The molecule has 1 N–H and O–H groups in total. The van der Waals surface area contributed by atoms with Crippen LogP contribution in [0.3, 0.4) is 0 Å². The van der Waals surface area contributed by atoms with Gasteiger partial charge in [-0.05, 0) is 55.3 Å². The highest BCUT2D eigenvalue weighted by Crippen LogP contribution is 2.29. The van der Waals surface area contributed by atoms with Crippen LogP contribution in [0.4, 0.5) is 8.78 Å².